The van der Waals surface area contributed by atoms with Gasteiger partial charge in [-0.15, -0.1) is 0 Å². The van der Waals surface area contributed by atoms with Gasteiger partial charge in [-0.05, 0) is 31.7 Å². The lowest BCUT2D eigenvalue weighted by Gasteiger charge is -2.47. The van der Waals surface area contributed by atoms with E-state index in [4.69, 9.17) is 4.74 Å². The molecule has 1 atom stereocenters. The monoisotopic (exact) mass is 413 g/mol. The van der Waals surface area contributed by atoms with Crippen LogP contribution in [-0.2, 0) is 20.7 Å². The Hall–Kier alpha value is -1.92. The molecule has 3 aliphatic heterocycles. The van der Waals surface area contributed by atoms with E-state index in [0.717, 1.165) is 64.1 Å². The van der Waals surface area contributed by atoms with Crippen LogP contribution in [0, 0.1) is 17.8 Å². The van der Waals surface area contributed by atoms with Crippen LogP contribution >= 0.6 is 0 Å². The summed E-state index contributed by atoms with van der Waals surface area (Å²) in [5.74, 6) is 0.508. The van der Waals surface area contributed by atoms with Crippen molar-refractivity contribution in [1.82, 2.24) is 14.7 Å². The molecule has 0 unspecified atom stereocenters. The van der Waals surface area contributed by atoms with Crippen molar-refractivity contribution in [3.63, 3.8) is 0 Å². The van der Waals surface area contributed by atoms with Crippen molar-refractivity contribution < 1.29 is 14.3 Å². The van der Waals surface area contributed by atoms with Crippen LogP contribution in [0.4, 0.5) is 0 Å². The molecule has 3 aliphatic rings. The van der Waals surface area contributed by atoms with E-state index >= 15 is 0 Å². The number of piperidine rings is 1. The van der Waals surface area contributed by atoms with Crippen molar-refractivity contribution in [2.45, 2.75) is 32.6 Å². The molecular weight excluding hydrogens is 378 g/mol. The van der Waals surface area contributed by atoms with E-state index in [1.54, 1.807) is 7.11 Å². The fraction of sp³-hybridized carbons (Fsp3) is 0.667. The Morgan fingerprint density at radius 3 is 2.37 bits per heavy atom. The van der Waals surface area contributed by atoms with Crippen LogP contribution in [0.1, 0.15) is 30.4 Å². The summed E-state index contributed by atoms with van der Waals surface area (Å²) >= 11 is 0. The number of carbonyl (C=O) groups excluding carboxylic acids is 2. The van der Waals surface area contributed by atoms with Crippen LogP contribution in [0.3, 0.4) is 0 Å². The Balaban J connectivity index is 1.46. The summed E-state index contributed by atoms with van der Waals surface area (Å²) in [6.07, 6.45) is 3.22. The summed E-state index contributed by atoms with van der Waals surface area (Å²) in [4.78, 5) is 32.6. The molecule has 6 heteroatoms. The minimum Gasteiger partial charge on any atom is -0.383 e. The number of rotatable bonds is 5. The molecule has 0 saturated carbocycles. The number of likely N-dealkylation sites (tertiary alicyclic amines) is 3. The van der Waals surface area contributed by atoms with E-state index in [0.29, 0.717) is 18.9 Å². The number of hydrogen-bond acceptors (Lipinski definition) is 4. The Bertz CT molecular complexity index is 785. The van der Waals surface area contributed by atoms with E-state index in [9.17, 15) is 9.59 Å². The number of ether oxygens (including phenoxy) is 1. The van der Waals surface area contributed by atoms with Gasteiger partial charge in [-0.25, -0.2) is 0 Å². The number of aryl methyl sites for hydroxylation is 1. The average molecular weight is 414 g/mol. The zero-order valence-electron chi connectivity index (χ0n) is 18.7. The van der Waals surface area contributed by atoms with Gasteiger partial charge in [0.1, 0.15) is 0 Å². The molecule has 30 heavy (non-hydrogen) atoms. The summed E-state index contributed by atoms with van der Waals surface area (Å²) in [6, 6.07) is 8.22. The number of carbonyl (C=O) groups is 2. The zero-order valence-corrected chi connectivity index (χ0v) is 18.7. The van der Waals surface area contributed by atoms with E-state index in [2.05, 4.69) is 24.0 Å². The summed E-state index contributed by atoms with van der Waals surface area (Å²) < 4.78 is 5.30. The summed E-state index contributed by atoms with van der Waals surface area (Å²) in [6.45, 7) is 7.74. The molecular formula is C24H35N3O3. The van der Waals surface area contributed by atoms with E-state index in [1.165, 1.54) is 5.56 Å². The van der Waals surface area contributed by atoms with Crippen LogP contribution in [0.25, 0.3) is 0 Å². The minimum absolute atomic E-state index is 0.0246. The third-order valence-corrected chi connectivity index (χ3v) is 7.83. The van der Waals surface area contributed by atoms with Crippen LogP contribution in [0.2, 0.25) is 0 Å². The first-order valence-electron chi connectivity index (χ1n) is 11.2. The second-order valence-corrected chi connectivity index (χ2v) is 9.59. The number of benzene rings is 1. The molecule has 2 amide bonds. The third kappa shape index (κ3) is 3.65. The number of amides is 2. The highest BCUT2D eigenvalue weighted by atomic mass is 16.5. The van der Waals surface area contributed by atoms with Gasteiger partial charge in [0.05, 0.1) is 18.4 Å². The standard InChI is InChI=1S/C24H35N3O3/c1-19-4-6-20(7-5-19)16-21(28)27-12-8-23(9-13-27)17-26(14-15-30-3)18-24(23)10-11-25(2)22(24)29/h4-7H,8-18H2,1-3H3/t24-/m1/s1. The second-order valence-electron chi connectivity index (χ2n) is 9.59. The van der Waals surface area contributed by atoms with Crippen molar-refractivity contribution in [2.75, 3.05) is 60.0 Å². The topological polar surface area (TPSA) is 53.1 Å². The van der Waals surface area contributed by atoms with Crippen molar-refractivity contribution in [3.05, 3.63) is 35.4 Å². The summed E-state index contributed by atoms with van der Waals surface area (Å²) in [7, 11) is 3.66. The van der Waals surface area contributed by atoms with Crippen molar-refractivity contribution in [1.29, 1.82) is 0 Å². The molecule has 6 nitrogen and oxygen atoms in total. The van der Waals surface area contributed by atoms with Crippen LogP contribution in [0.15, 0.2) is 24.3 Å². The Labute approximate surface area is 180 Å². The first-order chi connectivity index (χ1) is 14.4. The van der Waals surface area contributed by atoms with Crippen molar-refractivity contribution in [2.24, 2.45) is 10.8 Å². The fourth-order valence-electron chi connectivity index (χ4n) is 5.95. The van der Waals surface area contributed by atoms with Crippen LogP contribution in [0.5, 0.6) is 0 Å². The maximum atomic E-state index is 13.3. The van der Waals surface area contributed by atoms with Gasteiger partial charge in [-0.2, -0.15) is 0 Å². The molecule has 0 aromatic heterocycles. The smallest absolute Gasteiger partial charge is 0.230 e. The highest BCUT2D eigenvalue weighted by Gasteiger charge is 2.64. The zero-order chi connectivity index (χ0) is 21.4. The van der Waals surface area contributed by atoms with Gasteiger partial charge in [-0.3, -0.25) is 14.5 Å². The number of fused-ring (bicyclic) bond motifs is 1. The van der Waals surface area contributed by atoms with Gasteiger partial charge < -0.3 is 14.5 Å². The van der Waals surface area contributed by atoms with Gasteiger partial charge in [0.15, 0.2) is 0 Å². The second kappa shape index (κ2) is 8.31. The van der Waals surface area contributed by atoms with Gasteiger partial charge in [0.2, 0.25) is 11.8 Å². The minimum atomic E-state index is -0.290. The maximum Gasteiger partial charge on any atom is 0.230 e. The predicted octanol–water partition coefficient (Wildman–Crippen LogP) is 1.96. The maximum absolute atomic E-state index is 13.3. The van der Waals surface area contributed by atoms with Crippen LogP contribution in [-0.4, -0.2) is 86.5 Å². The molecule has 1 aromatic carbocycles. The molecule has 3 fully saturated rings. The van der Waals surface area contributed by atoms with Gasteiger partial charge in [0.25, 0.3) is 0 Å². The molecule has 0 aliphatic carbocycles. The molecule has 4 rings (SSSR count). The lowest BCUT2D eigenvalue weighted by atomic mass is 9.60. The lowest BCUT2D eigenvalue weighted by molar-refractivity contribution is -0.143. The van der Waals surface area contributed by atoms with Gasteiger partial charge in [0, 0.05) is 58.8 Å². The highest BCUT2D eigenvalue weighted by Crippen LogP contribution is 2.57. The fourth-order valence-corrected chi connectivity index (χ4v) is 5.95. The first-order valence-corrected chi connectivity index (χ1v) is 11.2. The van der Waals surface area contributed by atoms with Crippen LogP contribution < -0.4 is 0 Å². The number of nitrogens with zero attached hydrogens (tertiary/aromatic N) is 3. The van der Waals surface area contributed by atoms with Gasteiger partial charge >= 0.3 is 0 Å². The molecule has 1 aromatic rings. The molecule has 2 spiro atoms. The summed E-state index contributed by atoms with van der Waals surface area (Å²) in [5, 5.41) is 0. The molecule has 0 radical (unpaired) electrons. The van der Waals surface area contributed by atoms with Crippen molar-refractivity contribution in [3.8, 4) is 0 Å². The number of hydrogen-bond donors (Lipinski definition) is 0. The number of methoxy groups -OCH3 is 1. The van der Waals surface area contributed by atoms with E-state index in [1.807, 2.05) is 29.0 Å². The normalized spacial score (nSPS) is 26.3. The molecule has 0 N–H and O–H groups in total. The average Bonchev–Trinajstić information content (AvgIpc) is 3.21. The van der Waals surface area contributed by atoms with Crippen molar-refractivity contribution >= 4 is 11.8 Å². The van der Waals surface area contributed by atoms with E-state index < -0.39 is 0 Å². The Kier molecular flexibility index (Phi) is 5.90. The van der Waals surface area contributed by atoms with Gasteiger partial charge in [-0.1, -0.05) is 29.8 Å². The Morgan fingerprint density at radius 2 is 1.77 bits per heavy atom. The molecule has 0 bridgehead atoms. The summed E-state index contributed by atoms with van der Waals surface area (Å²) in [5.41, 5.74) is 1.97. The molecule has 164 valence electrons. The SMILES string of the molecule is COCCN1CC2(CCN(C(=O)Cc3ccc(C)cc3)CC2)[C@]2(CCN(C)C2=O)C1. The predicted molar refractivity (Wildman–Crippen MR) is 116 cm³/mol. The highest BCUT2D eigenvalue weighted by molar-refractivity contribution is 5.86. The van der Waals surface area contributed by atoms with E-state index in [-0.39, 0.29) is 16.7 Å². The first kappa shape index (κ1) is 21.3. The lowest BCUT2D eigenvalue weighted by Crippen LogP contribution is -2.53. The quantitative estimate of drug-likeness (QED) is 0.741. The third-order valence-electron chi connectivity index (χ3n) is 7.83. The Morgan fingerprint density at radius 1 is 1.07 bits per heavy atom. The molecule has 3 saturated heterocycles. The largest absolute Gasteiger partial charge is 0.383 e. The molecule has 3 heterocycles.